The Bertz CT molecular complexity index is 1040. The van der Waals surface area contributed by atoms with Gasteiger partial charge in [-0.05, 0) is 35.7 Å². The Morgan fingerprint density at radius 3 is 1.66 bits per heavy atom. The Morgan fingerprint density at radius 2 is 1.12 bits per heavy atom. The van der Waals surface area contributed by atoms with Gasteiger partial charge in [0.25, 0.3) is 0 Å². The normalized spacial score (nSPS) is 25.0. The smallest absolute Gasteiger partial charge is 0.340 e. The molecular weight excluding hydrogens is 404 g/mol. The van der Waals surface area contributed by atoms with Crippen molar-refractivity contribution in [1.29, 1.82) is 0 Å². The van der Waals surface area contributed by atoms with Crippen LogP contribution in [0.15, 0.2) is 91.0 Å². The second-order valence-electron chi connectivity index (χ2n) is 8.06. The van der Waals surface area contributed by atoms with Gasteiger partial charge in [-0.25, -0.2) is 9.59 Å². The van der Waals surface area contributed by atoms with Crippen LogP contribution in [-0.4, -0.2) is 24.3 Å². The first kappa shape index (κ1) is 21.8. The summed E-state index contributed by atoms with van der Waals surface area (Å²) in [7, 11) is 0. The van der Waals surface area contributed by atoms with E-state index >= 15 is 0 Å². The molecule has 5 nitrogen and oxygen atoms in total. The van der Waals surface area contributed by atoms with Gasteiger partial charge >= 0.3 is 11.9 Å². The third kappa shape index (κ3) is 4.73. The Balaban J connectivity index is 1.61. The molecule has 4 rings (SSSR count). The molecule has 1 aliphatic rings. The Hall–Kier alpha value is -3.44. The molecule has 5 heteroatoms. The van der Waals surface area contributed by atoms with Crippen molar-refractivity contribution in [3.63, 3.8) is 0 Å². The molecule has 1 saturated heterocycles. The summed E-state index contributed by atoms with van der Waals surface area (Å²) in [5, 5.41) is 0. The Morgan fingerprint density at radius 1 is 0.656 bits per heavy atom. The van der Waals surface area contributed by atoms with Gasteiger partial charge in [-0.15, -0.1) is 0 Å². The van der Waals surface area contributed by atoms with Gasteiger partial charge < -0.3 is 14.2 Å². The average Bonchev–Trinajstić information content (AvgIpc) is 2.85. The molecule has 1 heterocycles. The highest BCUT2D eigenvalue weighted by Gasteiger charge is 2.46. The maximum Gasteiger partial charge on any atom is 0.340 e. The maximum atomic E-state index is 12.8. The summed E-state index contributed by atoms with van der Waals surface area (Å²) in [6, 6.07) is 27.3. The summed E-state index contributed by atoms with van der Waals surface area (Å²) in [5.41, 5.74) is 1.83. The molecule has 0 radical (unpaired) electrons. The highest BCUT2D eigenvalue weighted by atomic mass is 16.7. The van der Waals surface area contributed by atoms with Crippen LogP contribution in [0.5, 0.6) is 0 Å². The minimum atomic E-state index is -1.04. The van der Waals surface area contributed by atoms with Crippen molar-refractivity contribution >= 4 is 11.9 Å². The molecule has 1 aliphatic heterocycles. The van der Waals surface area contributed by atoms with Crippen LogP contribution in [0.3, 0.4) is 0 Å². The van der Waals surface area contributed by atoms with Crippen molar-refractivity contribution in [1.82, 2.24) is 0 Å². The predicted octanol–water partition coefficient (Wildman–Crippen LogP) is 5.44. The van der Waals surface area contributed by atoms with Crippen molar-refractivity contribution in [3.05, 3.63) is 108 Å². The zero-order valence-electron chi connectivity index (χ0n) is 18.1. The van der Waals surface area contributed by atoms with Gasteiger partial charge in [0.05, 0.1) is 17.2 Å². The zero-order chi connectivity index (χ0) is 22.5. The molecule has 1 fully saturated rings. The van der Waals surface area contributed by atoms with E-state index < -0.39 is 24.3 Å². The zero-order valence-corrected chi connectivity index (χ0v) is 18.1. The summed E-state index contributed by atoms with van der Waals surface area (Å²) in [6.45, 7) is 4.05. The molecular formula is C27H26O5. The van der Waals surface area contributed by atoms with E-state index in [4.69, 9.17) is 14.2 Å². The number of rotatable bonds is 5. The Kier molecular flexibility index (Phi) is 6.66. The quantitative estimate of drug-likeness (QED) is 0.505. The lowest BCUT2D eigenvalue weighted by Gasteiger charge is -2.43. The van der Waals surface area contributed by atoms with Crippen LogP contribution in [0.25, 0.3) is 0 Å². The molecule has 164 valence electrons. The van der Waals surface area contributed by atoms with E-state index in [1.807, 2.05) is 49.4 Å². The number of hydrogen-bond donors (Lipinski definition) is 0. The molecule has 0 spiro atoms. The highest BCUT2D eigenvalue weighted by Crippen LogP contribution is 2.41. The molecule has 0 bridgehead atoms. The molecule has 3 aromatic carbocycles. The standard InChI is InChI=1S/C27H26O5/c1-18-19(2)24(30-25(28)21-14-8-4-9-15-21)27(31-23(18)20-12-6-3-7-13-20)32-26(29)22-16-10-5-11-17-22/h3-19,23-24,27H,1-2H3/t18-,19-,23+,24-,27?/m1/s1. The van der Waals surface area contributed by atoms with Gasteiger partial charge in [0.1, 0.15) is 0 Å². The fraction of sp³-hybridized carbons (Fsp3) is 0.259. The summed E-state index contributed by atoms with van der Waals surface area (Å²) in [4.78, 5) is 25.6. The molecule has 0 aliphatic carbocycles. The van der Waals surface area contributed by atoms with E-state index in [9.17, 15) is 9.59 Å². The van der Waals surface area contributed by atoms with E-state index in [-0.39, 0.29) is 17.9 Å². The lowest BCUT2D eigenvalue weighted by atomic mass is 9.81. The summed E-state index contributed by atoms with van der Waals surface area (Å²) in [5.74, 6) is -1.09. The molecule has 3 aromatic rings. The largest absolute Gasteiger partial charge is 0.452 e. The van der Waals surface area contributed by atoms with Crippen LogP contribution in [0.4, 0.5) is 0 Å². The summed E-state index contributed by atoms with van der Waals surface area (Å²) in [6.07, 6.45) is -2.08. The van der Waals surface area contributed by atoms with Crippen LogP contribution < -0.4 is 0 Å². The maximum absolute atomic E-state index is 12.8. The molecule has 0 saturated carbocycles. The lowest BCUT2D eigenvalue weighted by molar-refractivity contribution is -0.251. The van der Waals surface area contributed by atoms with Crippen molar-refractivity contribution in [3.8, 4) is 0 Å². The fourth-order valence-electron chi connectivity index (χ4n) is 3.96. The molecule has 0 aromatic heterocycles. The minimum absolute atomic E-state index is 0.0256. The van der Waals surface area contributed by atoms with Crippen molar-refractivity contribution < 1.29 is 23.8 Å². The van der Waals surface area contributed by atoms with E-state index in [0.717, 1.165) is 5.56 Å². The molecule has 1 unspecified atom stereocenters. The topological polar surface area (TPSA) is 61.8 Å². The molecule has 0 amide bonds. The summed E-state index contributed by atoms with van der Waals surface area (Å²) < 4.78 is 17.9. The molecule has 32 heavy (non-hydrogen) atoms. The van der Waals surface area contributed by atoms with E-state index in [1.54, 1.807) is 48.5 Å². The van der Waals surface area contributed by atoms with Crippen molar-refractivity contribution in [2.24, 2.45) is 11.8 Å². The molecule has 0 N–H and O–H groups in total. The van der Waals surface area contributed by atoms with Gasteiger partial charge in [-0.2, -0.15) is 0 Å². The highest BCUT2D eigenvalue weighted by molar-refractivity contribution is 5.90. The fourth-order valence-corrected chi connectivity index (χ4v) is 3.96. The van der Waals surface area contributed by atoms with Crippen molar-refractivity contribution in [2.45, 2.75) is 32.3 Å². The van der Waals surface area contributed by atoms with Gasteiger partial charge in [0.2, 0.25) is 6.29 Å². The van der Waals surface area contributed by atoms with Crippen LogP contribution >= 0.6 is 0 Å². The SMILES string of the molecule is C[C@@H]1[C@@H](C)[C@@H](OC(=O)c2ccccc2)C(OC(=O)c2ccccc2)O[C@@H]1c1ccccc1. The number of benzene rings is 3. The minimum Gasteiger partial charge on any atom is -0.452 e. The first-order valence-corrected chi connectivity index (χ1v) is 10.8. The van der Waals surface area contributed by atoms with Gasteiger partial charge in [0.15, 0.2) is 6.10 Å². The second kappa shape index (κ2) is 9.79. The number of carbonyl (C=O) groups is 2. The summed E-state index contributed by atoms with van der Waals surface area (Å²) >= 11 is 0. The number of ether oxygens (including phenoxy) is 3. The predicted molar refractivity (Wildman–Crippen MR) is 120 cm³/mol. The molecule has 5 atom stereocenters. The second-order valence-corrected chi connectivity index (χ2v) is 8.06. The third-order valence-corrected chi connectivity index (χ3v) is 5.99. The van der Waals surface area contributed by atoms with Gasteiger partial charge in [0, 0.05) is 5.92 Å². The number of hydrogen-bond acceptors (Lipinski definition) is 5. The number of carbonyl (C=O) groups excluding carboxylic acids is 2. The van der Waals surface area contributed by atoms with Gasteiger partial charge in [-0.3, -0.25) is 0 Å². The van der Waals surface area contributed by atoms with Crippen LogP contribution in [0.2, 0.25) is 0 Å². The van der Waals surface area contributed by atoms with Crippen LogP contribution in [0, 0.1) is 11.8 Å². The first-order valence-electron chi connectivity index (χ1n) is 10.8. The lowest BCUT2D eigenvalue weighted by Crippen LogP contribution is -2.50. The van der Waals surface area contributed by atoms with Crippen molar-refractivity contribution in [2.75, 3.05) is 0 Å². The van der Waals surface area contributed by atoms with Gasteiger partial charge in [-0.1, -0.05) is 80.6 Å². The van der Waals surface area contributed by atoms with E-state index in [1.165, 1.54) is 0 Å². The van der Waals surface area contributed by atoms with E-state index in [2.05, 4.69) is 6.92 Å². The first-order chi connectivity index (χ1) is 15.5. The van der Waals surface area contributed by atoms with Crippen LogP contribution in [0.1, 0.15) is 46.2 Å². The number of esters is 2. The van der Waals surface area contributed by atoms with E-state index in [0.29, 0.717) is 11.1 Å². The Labute approximate surface area is 187 Å². The monoisotopic (exact) mass is 430 g/mol. The third-order valence-electron chi connectivity index (χ3n) is 5.99. The van der Waals surface area contributed by atoms with Crippen LogP contribution in [-0.2, 0) is 14.2 Å². The average molecular weight is 431 g/mol.